The van der Waals surface area contributed by atoms with Gasteiger partial charge in [-0.3, -0.25) is 9.52 Å². The Morgan fingerprint density at radius 2 is 2.26 bits per heavy atom. The zero-order valence-corrected chi connectivity index (χ0v) is 13.1. The van der Waals surface area contributed by atoms with Crippen molar-refractivity contribution in [3.8, 4) is 5.75 Å². The third-order valence-electron chi connectivity index (χ3n) is 3.11. The lowest BCUT2D eigenvalue weighted by molar-refractivity contribution is -0.116. The first kappa shape index (κ1) is 15.3. The number of carbonyl (C=O) groups is 1. The van der Waals surface area contributed by atoms with Crippen LogP contribution < -0.4 is 14.8 Å². The summed E-state index contributed by atoms with van der Waals surface area (Å²) in [5.74, 6) is 0.616. The molecule has 2 N–H and O–H groups in total. The minimum atomic E-state index is -3.42. The van der Waals surface area contributed by atoms with Gasteiger partial charge in [0.15, 0.2) is 5.82 Å². The third kappa shape index (κ3) is 3.97. The largest absolute Gasteiger partial charge is 0.493 e. The summed E-state index contributed by atoms with van der Waals surface area (Å²) in [5.41, 5.74) is 1.73. The van der Waals surface area contributed by atoms with E-state index in [0.29, 0.717) is 12.3 Å². The summed E-state index contributed by atoms with van der Waals surface area (Å²) in [7, 11) is -3.42. The highest BCUT2D eigenvalue weighted by Crippen LogP contribution is 2.27. The molecule has 1 aromatic carbocycles. The fourth-order valence-electron chi connectivity index (χ4n) is 2.22. The number of fused-ring (bicyclic) bond motifs is 1. The van der Waals surface area contributed by atoms with Crippen LogP contribution in [0.15, 0.2) is 24.4 Å². The van der Waals surface area contributed by atoms with E-state index in [-0.39, 0.29) is 18.3 Å². The lowest BCUT2D eigenvalue weighted by Crippen LogP contribution is -2.19. The van der Waals surface area contributed by atoms with Crippen LogP contribution in [0.4, 0.5) is 11.5 Å². The van der Waals surface area contributed by atoms with Gasteiger partial charge in [0.1, 0.15) is 12.3 Å². The van der Waals surface area contributed by atoms with E-state index in [2.05, 4.69) is 20.4 Å². The maximum atomic E-state index is 12.0. The van der Waals surface area contributed by atoms with Gasteiger partial charge in [0, 0.05) is 12.1 Å². The van der Waals surface area contributed by atoms with Crippen LogP contribution in [0.25, 0.3) is 0 Å². The molecule has 9 nitrogen and oxygen atoms in total. The molecule has 0 saturated carbocycles. The summed E-state index contributed by atoms with van der Waals surface area (Å²) >= 11 is 0. The van der Waals surface area contributed by atoms with Gasteiger partial charge in [0.25, 0.3) is 0 Å². The average Bonchev–Trinajstić information content (AvgIpc) is 3.05. The third-order valence-corrected chi connectivity index (χ3v) is 3.69. The monoisotopic (exact) mass is 337 g/mol. The van der Waals surface area contributed by atoms with Gasteiger partial charge in [-0.2, -0.15) is 0 Å². The number of hydrogen-bond acceptors (Lipinski definition) is 6. The highest BCUT2D eigenvalue weighted by Gasteiger charge is 2.13. The topological polar surface area (TPSA) is 115 Å². The number of nitrogens with one attached hydrogen (secondary N) is 2. The number of sulfonamides is 1. The Hall–Kier alpha value is -2.62. The second-order valence-corrected chi connectivity index (χ2v) is 6.89. The number of amides is 1. The quantitative estimate of drug-likeness (QED) is 0.806. The molecule has 0 bridgehead atoms. The number of anilines is 2. The van der Waals surface area contributed by atoms with Gasteiger partial charge in [0.05, 0.1) is 19.1 Å². The number of hydrogen-bond donors (Lipinski definition) is 2. The summed E-state index contributed by atoms with van der Waals surface area (Å²) in [6, 6.07) is 5.46. The van der Waals surface area contributed by atoms with Gasteiger partial charge in [-0.25, -0.2) is 13.1 Å². The van der Waals surface area contributed by atoms with E-state index in [1.807, 2.05) is 12.1 Å². The molecule has 122 valence electrons. The average molecular weight is 337 g/mol. The number of benzene rings is 1. The van der Waals surface area contributed by atoms with E-state index in [4.69, 9.17) is 4.74 Å². The van der Waals surface area contributed by atoms with Crippen molar-refractivity contribution in [3.05, 3.63) is 30.0 Å². The Morgan fingerprint density at radius 1 is 1.43 bits per heavy atom. The molecule has 0 spiro atoms. The minimum absolute atomic E-state index is 0.0648. The fourth-order valence-corrected chi connectivity index (χ4v) is 2.70. The van der Waals surface area contributed by atoms with Crippen molar-refractivity contribution in [2.24, 2.45) is 0 Å². The van der Waals surface area contributed by atoms with Crippen molar-refractivity contribution in [2.45, 2.75) is 13.0 Å². The molecule has 2 aromatic rings. The Morgan fingerprint density at radius 3 is 3.04 bits per heavy atom. The van der Waals surface area contributed by atoms with Crippen LogP contribution >= 0.6 is 0 Å². The van der Waals surface area contributed by atoms with Gasteiger partial charge in [0.2, 0.25) is 15.9 Å². The smallest absolute Gasteiger partial charge is 0.246 e. The zero-order chi connectivity index (χ0) is 16.4. The first-order valence-electron chi connectivity index (χ1n) is 6.82. The van der Waals surface area contributed by atoms with Gasteiger partial charge >= 0.3 is 0 Å². The van der Waals surface area contributed by atoms with E-state index >= 15 is 0 Å². The summed E-state index contributed by atoms with van der Waals surface area (Å²) in [4.78, 5) is 12.0. The van der Waals surface area contributed by atoms with Crippen molar-refractivity contribution in [1.82, 2.24) is 15.0 Å². The van der Waals surface area contributed by atoms with Crippen molar-refractivity contribution in [2.75, 3.05) is 22.9 Å². The van der Waals surface area contributed by atoms with E-state index < -0.39 is 10.0 Å². The molecule has 1 aromatic heterocycles. The molecular formula is C13H15N5O4S. The molecule has 0 atom stereocenters. The minimum Gasteiger partial charge on any atom is -0.493 e. The van der Waals surface area contributed by atoms with Crippen LogP contribution in [0.5, 0.6) is 5.75 Å². The lowest BCUT2D eigenvalue weighted by atomic mass is 10.1. The number of ether oxygens (including phenoxy) is 1. The van der Waals surface area contributed by atoms with Crippen LogP contribution in [-0.2, 0) is 27.8 Å². The molecule has 0 saturated heterocycles. The fraction of sp³-hybridized carbons (Fsp3) is 0.308. The lowest BCUT2D eigenvalue weighted by Gasteiger charge is -2.06. The van der Waals surface area contributed by atoms with Gasteiger partial charge in [-0.1, -0.05) is 5.21 Å². The first-order valence-corrected chi connectivity index (χ1v) is 8.72. The van der Waals surface area contributed by atoms with Crippen LogP contribution in [0, 0.1) is 0 Å². The van der Waals surface area contributed by atoms with E-state index in [0.717, 1.165) is 24.0 Å². The molecule has 0 aliphatic carbocycles. The molecule has 0 fully saturated rings. The molecule has 1 aliphatic heterocycles. The summed E-state index contributed by atoms with van der Waals surface area (Å²) in [6.45, 7) is 0.577. The Bertz CT molecular complexity index is 846. The molecule has 0 unspecified atom stereocenters. The maximum Gasteiger partial charge on any atom is 0.246 e. The summed E-state index contributed by atoms with van der Waals surface area (Å²) in [6.07, 6.45) is 3.18. The molecule has 2 heterocycles. The molecular weight excluding hydrogens is 322 g/mol. The maximum absolute atomic E-state index is 12.0. The van der Waals surface area contributed by atoms with Gasteiger partial charge in [-0.15, -0.1) is 5.10 Å². The summed E-state index contributed by atoms with van der Waals surface area (Å²) in [5, 5.41) is 10.1. The van der Waals surface area contributed by atoms with Crippen molar-refractivity contribution in [3.63, 3.8) is 0 Å². The number of aromatic nitrogens is 3. The van der Waals surface area contributed by atoms with E-state index in [9.17, 15) is 13.2 Å². The standard InChI is InChI=1S/C13H15N5O4S/c1-23(20,21)16-12-7-18(17-15-12)8-13(19)14-10-2-3-11-9(6-10)4-5-22-11/h2-3,6-7,16H,4-5,8H2,1H3,(H,14,19). The van der Waals surface area contributed by atoms with E-state index in [1.165, 1.54) is 10.9 Å². The first-order chi connectivity index (χ1) is 10.9. The second-order valence-electron chi connectivity index (χ2n) is 5.14. The zero-order valence-electron chi connectivity index (χ0n) is 12.3. The number of nitrogens with zero attached hydrogens (tertiary/aromatic N) is 3. The SMILES string of the molecule is CS(=O)(=O)Nc1cn(CC(=O)Nc2ccc3c(c2)CCO3)nn1. The van der Waals surface area contributed by atoms with E-state index in [1.54, 1.807) is 6.07 Å². The van der Waals surface area contributed by atoms with Crippen LogP contribution in [0.2, 0.25) is 0 Å². The van der Waals surface area contributed by atoms with Crippen LogP contribution in [-0.4, -0.2) is 42.2 Å². The molecule has 1 amide bonds. The van der Waals surface area contributed by atoms with Crippen molar-refractivity contribution in [1.29, 1.82) is 0 Å². The molecule has 10 heteroatoms. The Balaban J connectivity index is 1.61. The highest BCUT2D eigenvalue weighted by molar-refractivity contribution is 7.92. The van der Waals surface area contributed by atoms with Crippen molar-refractivity contribution < 1.29 is 17.9 Å². The summed E-state index contributed by atoms with van der Waals surface area (Å²) < 4.78 is 31.0. The second kappa shape index (κ2) is 5.88. The predicted molar refractivity (Wildman–Crippen MR) is 82.8 cm³/mol. The highest BCUT2D eigenvalue weighted by atomic mass is 32.2. The predicted octanol–water partition coefficient (Wildman–Crippen LogP) is 0.223. The van der Waals surface area contributed by atoms with Gasteiger partial charge < -0.3 is 10.1 Å². The number of rotatable bonds is 5. The molecule has 1 aliphatic rings. The Labute approximate surface area is 132 Å². The Kier molecular flexibility index (Phi) is 3.90. The molecule has 3 rings (SSSR count). The van der Waals surface area contributed by atoms with Crippen molar-refractivity contribution >= 4 is 27.4 Å². The van der Waals surface area contributed by atoms with Gasteiger partial charge in [-0.05, 0) is 23.8 Å². The van der Waals surface area contributed by atoms with Crippen LogP contribution in [0.1, 0.15) is 5.56 Å². The normalized spacial score (nSPS) is 13.3. The van der Waals surface area contributed by atoms with Crippen LogP contribution in [0.3, 0.4) is 0 Å². The number of carbonyl (C=O) groups excluding carboxylic acids is 1. The molecule has 0 radical (unpaired) electrons. The molecule has 23 heavy (non-hydrogen) atoms.